The predicted octanol–water partition coefficient (Wildman–Crippen LogP) is 3.47. The summed E-state index contributed by atoms with van der Waals surface area (Å²) < 4.78 is 0. The van der Waals surface area contributed by atoms with Crippen LogP contribution >= 0.6 is 0 Å². The Morgan fingerprint density at radius 1 is 1.36 bits per heavy atom. The molecule has 2 rings (SSSR count). The first kappa shape index (κ1) is 7.64. The lowest BCUT2D eigenvalue weighted by molar-refractivity contribution is 0.325. The highest BCUT2D eigenvalue weighted by atomic mass is 14.7. The Morgan fingerprint density at radius 2 is 2.09 bits per heavy atom. The van der Waals surface area contributed by atoms with Gasteiger partial charge in [-0.3, -0.25) is 0 Å². The van der Waals surface area contributed by atoms with Gasteiger partial charge >= 0.3 is 0 Å². The van der Waals surface area contributed by atoms with E-state index in [9.17, 15) is 0 Å². The molecule has 0 amide bonds. The van der Waals surface area contributed by atoms with Crippen molar-refractivity contribution < 1.29 is 0 Å². The molecule has 4 atom stereocenters. The average Bonchev–Trinajstić information content (AvgIpc) is 2.59. The van der Waals surface area contributed by atoms with Crippen LogP contribution in [-0.4, -0.2) is 0 Å². The van der Waals surface area contributed by atoms with Crippen LogP contribution < -0.4 is 0 Å². The lowest BCUT2D eigenvalue weighted by atomic mass is 9.88. The molecular formula is C11H20. The molecule has 0 aliphatic heterocycles. The molecule has 2 saturated carbocycles. The zero-order valence-electron chi connectivity index (χ0n) is 8.06. The van der Waals surface area contributed by atoms with Crippen molar-refractivity contribution >= 4 is 0 Å². The van der Waals surface area contributed by atoms with Crippen LogP contribution in [0.3, 0.4) is 0 Å². The van der Waals surface area contributed by atoms with E-state index in [2.05, 4.69) is 20.8 Å². The van der Waals surface area contributed by atoms with E-state index in [1.54, 1.807) is 6.42 Å². The molecule has 0 aromatic rings. The van der Waals surface area contributed by atoms with Crippen LogP contribution in [0.25, 0.3) is 0 Å². The maximum absolute atomic E-state index is 2.47. The molecule has 0 N–H and O–H groups in total. The van der Waals surface area contributed by atoms with Gasteiger partial charge in [0.2, 0.25) is 0 Å². The van der Waals surface area contributed by atoms with Gasteiger partial charge in [0.1, 0.15) is 0 Å². The number of rotatable bonds is 2. The molecule has 0 saturated heterocycles. The third-order valence-electron chi connectivity index (χ3n) is 4.29. The van der Waals surface area contributed by atoms with Crippen molar-refractivity contribution in [2.24, 2.45) is 23.2 Å². The summed E-state index contributed by atoms with van der Waals surface area (Å²) in [5, 5.41) is 0. The van der Waals surface area contributed by atoms with Crippen LogP contribution in [0.2, 0.25) is 0 Å². The molecule has 4 unspecified atom stereocenters. The standard InChI is InChI=1S/C11H20/c1-4-5-11-7-10(11)8(2)6-9(11)3/h8-10H,4-7H2,1-3H3. The largest absolute Gasteiger partial charge is 0.0654 e. The molecule has 0 spiro atoms. The summed E-state index contributed by atoms with van der Waals surface area (Å²) in [6, 6.07) is 0. The van der Waals surface area contributed by atoms with Crippen LogP contribution in [0.1, 0.15) is 46.5 Å². The van der Waals surface area contributed by atoms with E-state index in [1.807, 2.05) is 0 Å². The predicted molar refractivity (Wildman–Crippen MR) is 48.4 cm³/mol. The Bertz CT molecular complexity index is 157. The fourth-order valence-corrected chi connectivity index (χ4v) is 3.64. The molecule has 2 aliphatic rings. The monoisotopic (exact) mass is 152 g/mol. The molecule has 0 heteroatoms. The topological polar surface area (TPSA) is 0 Å². The summed E-state index contributed by atoms with van der Waals surface area (Å²) in [6.45, 7) is 7.25. The third-order valence-corrected chi connectivity index (χ3v) is 4.29. The lowest BCUT2D eigenvalue weighted by Gasteiger charge is -2.17. The van der Waals surface area contributed by atoms with Crippen LogP contribution in [0.15, 0.2) is 0 Å². The zero-order valence-corrected chi connectivity index (χ0v) is 8.06. The van der Waals surface area contributed by atoms with E-state index >= 15 is 0 Å². The van der Waals surface area contributed by atoms with Gasteiger partial charge in [-0.05, 0) is 42.4 Å². The number of hydrogen-bond acceptors (Lipinski definition) is 0. The van der Waals surface area contributed by atoms with Crippen molar-refractivity contribution in [2.45, 2.75) is 46.5 Å². The summed E-state index contributed by atoms with van der Waals surface area (Å²) >= 11 is 0. The van der Waals surface area contributed by atoms with Gasteiger partial charge in [-0.15, -0.1) is 0 Å². The minimum Gasteiger partial charge on any atom is -0.0654 e. The average molecular weight is 152 g/mol. The van der Waals surface area contributed by atoms with E-state index in [0.29, 0.717) is 0 Å². The van der Waals surface area contributed by atoms with Crippen molar-refractivity contribution in [1.82, 2.24) is 0 Å². The minimum absolute atomic E-state index is 0.841. The normalized spacial score (nSPS) is 54.3. The first-order valence-corrected chi connectivity index (χ1v) is 5.20. The van der Waals surface area contributed by atoms with Gasteiger partial charge in [-0.1, -0.05) is 27.2 Å². The maximum atomic E-state index is 2.47. The van der Waals surface area contributed by atoms with E-state index in [4.69, 9.17) is 0 Å². The Morgan fingerprint density at radius 3 is 2.45 bits per heavy atom. The molecule has 64 valence electrons. The SMILES string of the molecule is CCCC12CC1C(C)CC2C. The van der Waals surface area contributed by atoms with Crippen molar-refractivity contribution in [3.63, 3.8) is 0 Å². The molecule has 2 aliphatic carbocycles. The van der Waals surface area contributed by atoms with Crippen molar-refractivity contribution in [2.75, 3.05) is 0 Å². The van der Waals surface area contributed by atoms with Gasteiger partial charge < -0.3 is 0 Å². The third kappa shape index (κ3) is 0.878. The van der Waals surface area contributed by atoms with Crippen molar-refractivity contribution in [1.29, 1.82) is 0 Å². The lowest BCUT2D eigenvalue weighted by Crippen LogP contribution is -2.08. The Hall–Kier alpha value is 0. The molecule has 0 aromatic carbocycles. The highest BCUT2D eigenvalue weighted by Gasteiger charge is 2.62. The van der Waals surface area contributed by atoms with Crippen LogP contribution in [-0.2, 0) is 0 Å². The second-order valence-corrected chi connectivity index (χ2v) is 4.91. The van der Waals surface area contributed by atoms with E-state index in [1.165, 1.54) is 19.3 Å². The summed E-state index contributed by atoms with van der Waals surface area (Å²) in [5.74, 6) is 3.19. The number of fused-ring (bicyclic) bond motifs is 1. The fourth-order valence-electron chi connectivity index (χ4n) is 3.64. The van der Waals surface area contributed by atoms with Gasteiger partial charge in [-0.2, -0.15) is 0 Å². The van der Waals surface area contributed by atoms with Crippen molar-refractivity contribution in [3.05, 3.63) is 0 Å². The smallest absolute Gasteiger partial charge is 0.0238 e. The second kappa shape index (κ2) is 2.24. The molecule has 11 heavy (non-hydrogen) atoms. The molecule has 0 aromatic heterocycles. The summed E-state index contributed by atoms with van der Waals surface area (Å²) in [7, 11) is 0. The van der Waals surface area contributed by atoms with Gasteiger partial charge in [0.05, 0.1) is 0 Å². The summed E-state index contributed by atoms with van der Waals surface area (Å²) in [4.78, 5) is 0. The quantitative estimate of drug-likeness (QED) is 0.568. The van der Waals surface area contributed by atoms with Crippen molar-refractivity contribution in [3.8, 4) is 0 Å². The Kier molecular flexibility index (Phi) is 1.56. The Labute approximate surface area is 70.4 Å². The first-order chi connectivity index (χ1) is 5.20. The molecule has 0 heterocycles. The zero-order chi connectivity index (χ0) is 8.06. The Balaban J connectivity index is 2.07. The number of hydrogen-bond donors (Lipinski definition) is 0. The molecule has 0 nitrogen and oxygen atoms in total. The van der Waals surface area contributed by atoms with E-state index in [0.717, 1.165) is 23.2 Å². The molecule has 0 radical (unpaired) electrons. The fraction of sp³-hybridized carbons (Fsp3) is 1.00. The van der Waals surface area contributed by atoms with Crippen LogP contribution in [0, 0.1) is 23.2 Å². The molecule has 2 fully saturated rings. The van der Waals surface area contributed by atoms with Gasteiger partial charge in [0, 0.05) is 0 Å². The van der Waals surface area contributed by atoms with Crippen LogP contribution in [0.5, 0.6) is 0 Å². The van der Waals surface area contributed by atoms with E-state index < -0.39 is 0 Å². The van der Waals surface area contributed by atoms with Gasteiger partial charge in [0.15, 0.2) is 0 Å². The summed E-state index contributed by atoms with van der Waals surface area (Å²) in [6.07, 6.45) is 5.96. The minimum atomic E-state index is 0.841. The van der Waals surface area contributed by atoms with E-state index in [-0.39, 0.29) is 0 Å². The highest BCUT2D eigenvalue weighted by Crippen LogP contribution is 2.70. The highest BCUT2D eigenvalue weighted by molar-refractivity contribution is 5.11. The molecule has 0 bridgehead atoms. The van der Waals surface area contributed by atoms with Crippen LogP contribution in [0.4, 0.5) is 0 Å². The first-order valence-electron chi connectivity index (χ1n) is 5.20. The second-order valence-electron chi connectivity index (χ2n) is 4.91. The maximum Gasteiger partial charge on any atom is -0.0238 e. The molecular weight excluding hydrogens is 132 g/mol. The van der Waals surface area contributed by atoms with Gasteiger partial charge in [0.25, 0.3) is 0 Å². The summed E-state index contributed by atoms with van der Waals surface area (Å²) in [5.41, 5.74) is 0.841. The van der Waals surface area contributed by atoms with Gasteiger partial charge in [-0.25, -0.2) is 0 Å².